The van der Waals surface area contributed by atoms with Crippen molar-refractivity contribution in [1.82, 2.24) is 0 Å². The second-order valence-corrected chi connectivity index (χ2v) is 5.50. The van der Waals surface area contributed by atoms with E-state index >= 15 is 0 Å². The van der Waals surface area contributed by atoms with Gasteiger partial charge in [-0.3, -0.25) is 0 Å². The minimum atomic E-state index is 0.537. The number of hydrogen-bond acceptors (Lipinski definition) is 2. The first kappa shape index (κ1) is 14.9. The topological polar surface area (TPSA) is 18.5 Å². The fourth-order valence-electron chi connectivity index (χ4n) is 1.68. The molecule has 0 spiro atoms. The fourth-order valence-corrected chi connectivity index (χ4v) is 1.68. The quantitative estimate of drug-likeness (QED) is 0.717. The van der Waals surface area contributed by atoms with Crippen molar-refractivity contribution in [2.75, 3.05) is 13.2 Å². The summed E-state index contributed by atoms with van der Waals surface area (Å²) < 4.78 is 11.7. The van der Waals surface area contributed by atoms with Gasteiger partial charge < -0.3 is 9.47 Å². The normalized spacial score (nSPS) is 11.1. The van der Waals surface area contributed by atoms with Crippen molar-refractivity contribution >= 4 is 0 Å². The van der Waals surface area contributed by atoms with Crippen molar-refractivity contribution in [2.45, 2.75) is 41.0 Å². The first-order valence-corrected chi connectivity index (χ1v) is 6.92. The molecule has 2 nitrogen and oxygen atoms in total. The van der Waals surface area contributed by atoms with Gasteiger partial charge in [0.25, 0.3) is 0 Å². The third kappa shape index (κ3) is 4.59. The zero-order chi connectivity index (χ0) is 13.5. The zero-order valence-electron chi connectivity index (χ0n) is 12.3. The van der Waals surface area contributed by atoms with Gasteiger partial charge in [-0.1, -0.05) is 40.7 Å². The summed E-state index contributed by atoms with van der Waals surface area (Å²) in [5, 5.41) is 0. The molecule has 0 aliphatic heterocycles. The molecule has 0 saturated heterocycles. The Bertz CT molecular complexity index is 326. The summed E-state index contributed by atoms with van der Waals surface area (Å²) in [5.41, 5.74) is 1.18. The Hall–Kier alpha value is -1.18. The number of hydrogen-bond donors (Lipinski definition) is 0. The van der Waals surface area contributed by atoms with E-state index in [1.807, 2.05) is 18.2 Å². The molecular formula is C16H26O2. The van der Waals surface area contributed by atoms with Crippen LogP contribution < -0.4 is 9.47 Å². The van der Waals surface area contributed by atoms with Gasteiger partial charge in [-0.2, -0.15) is 0 Å². The minimum Gasteiger partial charge on any atom is -0.493 e. The predicted molar refractivity (Wildman–Crippen MR) is 76.5 cm³/mol. The summed E-state index contributed by atoms with van der Waals surface area (Å²) in [7, 11) is 0. The van der Waals surface area contributed by atoms with E-state index in [1.165, 1.54) is 5.56 Å². The maximum atomic E-state index is 5.86. The first-order chi connectivity index (χ1) is 8.54. The molecule has 0 unspecified atom stereocenters. The van der Waals surface area contributed by atoms with Gasteiger partial charge in [-0.25, -0.2) is 0 Å². The molecule has 1 aromatic rings. The van der Waals surface area contributed by atoms with Crippen LogP contribution in [0.15, 0.2) is 18.2 Å². The Morgan fingerprint density at radius 3 is 1.67 bits per heavy atom. The van der Waals surface area contributed by atoms with Crippen molar-refractivity contribution in [3.05, 3.63) is 23.8 Å². The second-order valence-electron chi connectivity index (χ2n) is 5.50. The van der Waals surface area contributed by atoms with Crippen LogP contribution in [0.2, 0.25) is 0 Å². The van der Waals surface area contributed by atoms with Crippen LogP contribution in [0.5, 0.6) is 11.5 Å². The molecule has 0 heterocycles. The molecule has 1 rings (SSSR count). The van der Waals surface area contributed by atoms with Gasteiger partial charge in [0.1, 0.15) is 11.5 Å². The lowest BCUT2D eigenvalue weighted by molar-refractivity contribution is 0.253. The Morgan fingerprint density at radius 2 is 1.33 bits per heavy atom. The van der Waals surface area contributed by atoms with E-state index in [4.69, 9.17) is 9.47 Å². The molecule has 102 valence electrons. The summed E-state index contributed by atoms with van der Waals surface area (Å²) >= 11 is 0. The average molecular weight is 250 g/mol. The highest BCUT2D eigenvalue weighted by molar-refractivity contribution is 5.44. The van der Waals surface area contributed by atoms with Crippen molar-refractivity contribution < 1.29 is 9.47 Å². The zero-order valence-corrected chi connectivity index (χ0v) is 12.3. The van der Waals surface area contributed by atoms with Crippen LogP contribution in [0.4, 0.5) is 0 Å². The van der Waals surface area contributed by atoms with Gasteiger partial charge in [-0.05, 0) is 30.4 Å². The van der Waals surface area contributed by atoms with Gasteiger partial charge >= 0.3 is 0 Å². The second kappa shape index (κ2) is 7.30. The highest BCUT2D eigenvalue weighted by atomic mass is 16.5. The minimum absolute atomic E-state index is 0.537. The van der Waals surface area contributed by atoms with E-state index in [0.29, 0.717) is 11.8 Å². The van der Waals surface area contributed by atoms with E-state index in [-0.39, 0.29) is 0 Å². The molecular weight excluding hydrogens is 224 g/mol. The van der Waals surface area contributed by atoms with Gasteiger partial charge in [-0.15, -0.1) is 0 Å². The third-order valence-electron chi connectivity index (χ3n) is 2.59. The van der Waals surface area contributed by atoms with Crippen LogP contribution in [0, 0.1) is 11.8 Å². The molecule has 0 aromatic heterocycles. The number of rotatable bonds is 7. The van der Waals surface area contributed by atoms with Crippen LogP contribution in [-0.2, 0) is 6.42 Å². The van der Waals surface area contributed by atoms with E-state index in [2.05, 4.69) is 34.6 Å². The van der Waals surface area contributed by atoms with Crippen LogP contribution in [-0.4, -0.2) is 13.2 Å². The van der Waals surface area contributed by atoms with E-state index < -0.39 is 0 Å². The molecule has 2 heteroatoms. The molecule has 18 heavy (non-hydrogen) atoms. The summed E-state index contributed by atoms with van der Waals surface area (Å²) in [6, 6.07) is 6.07. The van der Waals surface area contributed by atoms with Gasteiger partial charge in [0, 0.05) is 5.56 Å². The van der Waals surface area contributed by atoms with E-state index in [9.17, 15) is 0 Å². The Morgan fingerprint density at radius 1 is 0.889 bits per heavy atom. The molecule has 0 fully saturated rings. The molecule has 0 atom stereocenters. The highest BCUT2D eigenvalue weighted by Crippen LogP contribution is 2.29. The van der Waals surface area contributed by atoms with Crippen molar-refractivity contribution in [3.8, 4) is 11.5 Å². The molecule has 1 aromatic carbocycles. The SMILES string of the molecule is CCc1c(OCC(C)C)cccc1OCC(C)C. The lowest BCUT2D eigenvalue weighted by atomic mass is 10.1. The number of ether oxygens (including phenoxy) is 2. The summed E-state index contributed by atoms with van der Waals surface area (Å²) in [5.74, 6) is 3.00. The molecule has 0 amide bonds. The molecule has 0 radical (unpaired) electrons. The van der Waals surface area contributed by atoms with Crippen LogP contribution >= 0.6 is 0 Å². The standard InChI is InChI=1S/C16H26O2/c1-6-14-15(17-10-12(2)3)8-7-9-16(14)18-11-13(4)5/h7-9,12-13H,6,10-11H2,1-5H3. The van der Waals surface area contributed by atoms with Crippen molar-refractivity contribution in [2.24, 2.45) is 11.8 Å². The molecule has 0 aliphatic rings. The van der Waals surface area contributed by atoms with Crippen molar-refractivity contribution in [1.29, 1.82) is 0 Å². The molecule has 0 saturated carbocycles. The van der Waals surface area contributed by atoms with E-state index in [1.54, 1.807) is 0 Å². The van der Waals surface area contributed by atoms with Crippen molar-refractivity contribution in [3.63, 3.8) is 0 Å². The maximum absolute atomic E-state index is 5.86. The average Bonchev–Trinajstić information content (AvgIpc) is 2.33. The number of benzene rings is 1. The lowest BCUT2D eigenvalue weighted by Gasteiger charge is -2.17. The maximum Gasteiger partial charge on any atom is 0.126 e. The monoisotopic (exact) mass is 250 g/mol. The van der Waals surface area contributed by atoms with Crippen LogP contribution in [0.3, 0.4) is 0 Å². The smallest absolute Gasteiger partial charge is 0.126 e. The summed E-state index contributed by atoms with van der Waals surface area (Å²) in [6.07, 6.45) is 0.932. The van der Waals surface area contributed by atoms with Gasteiger partial charge in [0.15, 0.2) is 0 Å². The molecule has 0 bridgehead atoms. The molecule has 0 aliphatic carbocycles. The Kier molecular flexibility index (Phi) is 6.03. The fraction of sp³-hybridized carbons (Fsp3) is 0.625. The largest absolute Gasteiger partial charge is 0.493 e. The third-order valence-corrected chi connectivity index (χ3v) is 2.59. The van der Waals surface area contributed by atoms with Crippen LogP contribution in [0.25, 0.3) is 0 Å². The summed E-state index contributed by atoms with van der Waals surface area (Å²) in [6.45, 7) is 12.3. The Labute approximate surface area is 111 Å². The van der Waals surface area contributed by atoms with E-state index in [0.717, 1.165) is 31.1 Å². The predicted octanol–water partition coefficient (Wildman–Crippen LogP) is 4.32. The highest BCUT2D eigenvalue weighted by Gasteiger charge is 2.10. The van der Waals surface area contributed by atoms with Gasteiger partial charge in [0.05, 0.1) is 13.2 Å². The molecule has 0 N–H and O–H groups in total. The van der Waals surface area contributed by atoms with Crippen LogP contribution in [0.1, 0.15) is 40.2 Å². The van der Waals surface area contributed by atoms with Gasteiger partial charge in [0.2, 0.25) is 0 Å². The first-order valence-electron chi connectivity index (χ1n) is 6.92. The summed E-state index contributed by atoms with van der Waals surface area (Å²) in [4.78, 5) is 0. The lowest BCUT2D eigenvalue weighted by Crippen LogP contribution is -2.09. The Balaban J connectivity index is 2.81.